The average Bonchev–Trinajstić information content (AvgIpc) is 3.19. The first-order valence-electron chi connectivity index (χ1n) is 8.88. The van der Waals surface area contributed by atoms with Crippen molar-refractivity contribution in [3.63, 3.8) is 0 Å². The van der Waals surface area contributed by atoms with Gasteiger partial charge in [-0.3, -0.25) is 0 Å². The zero-order chi connectivity index (χ0) is 18.3. The van der Waals surface area contributed by atoms with Crippen molar-refractivity contribution in [2.75, 3.05) is 11.9 Å². The molecule has 3 aromatic rings. The topological polar surface area (TPSA) is 19.2 Å². The van der Waals surface area contributed by atoms with Crippen LogP contribution in [0.1, 0.15) is 6.92 Å². The molecule has 0 radical (unpaired) electrons. The van der Waals surface area contributed by atoms with Crippen molar-refractivity contribution in [3.8, 4) is 17.2 Å². The Bertz CT molecular complexity index is 958. The molecule has 2 aromatic heterocycles. The Balaban J connectivity index is 1.85. The standard InChI is InChI=1S/C21H25N5/c1-17-22(2)13-15-25(17)20-12-8-11-19(24(20)4)21-23(3)14-16-26(21)18-9-6-5-7-10-18/h5-17H,1-4H3/q+2/t17-/m0/s1. The second-order valence-corrected chi connectivity index (χ2v) is 6.77. The molecule has 132 valence electrons. The van der Waals surface area contributed by atoms with Crippen molar-refractivity contribution in [2.45, 2.75) is 13.1 Å². The van der Waals surface area contributed by atoms with Crippen molar-refractivity contribution in [1.82, 2.24) is 9.47 Å². The molecule has 0 amide bonds. The molecule has 26 heavy (non-hydrogen) atoms. The number of aromatic nitrogens is 3. The molecule has 0 saturated carbocycles. The van der Waals surface area contributed by atoms with E-state index in [1.54, 1.807) is 0 Å². The molecule has 0 aliphatic carbocycles. The number of benzene rings is 1. The van der Waals surface area contributed by atoms with Crippen molar-refractivity contribution in [1.29, 1.82) is 0 Å². The molecule has 0 fully saturated rings. The summed E-state index contributed by atoms with van der Waals surface area (Å²) in [4.78, 5) is 4.50. The number of nitrogens with zero attached hydrogens (tertiary/aromatic N) is 5. The summed E-state index contributed by atoms with van der Waals surface area (Å²) >= 11 is 0. The molecule has 5 heteroatoms. The number of imidazole rings is 1. The summed E-state index contributed by atoms with van der Waals surface area (Å²) in [6, 6.07) is 16.9. The third-order valence-corrected chi connectivity index (χ3v) is 5.19. The zero-order valence-corrected chi connectivity index (χ0v) is 15.7. The van der Waals surface area contributed by atoms with Gasteiger partial charge in [-0.25, -0.2) is 14.0 Å². The predicted molar refractivity (Wildman–Crippen MR) is 102 cm³/mol. The second-order valence-electron chi connectivity index (χ2n) is 6.77. The fourth-order valence-corrected chi connectivity index (χ4v) is 3.53. The molecular formula is C21H25N5+2. The Morgan fingerprint density at radius 3 is 2.38 bits per heavy atom. The van der Waals surface area contributed by atoms with Crippen molar-refractivity contribution < 1.29 is 9.13 Å². The first-order chi connectivity index (χ1) is 12.6. The molecule has 0 bridgehead atoms. The van der Waals surface area contributed by atoms with Crippen molar-refractivity contribution in [3.05, 3.63) is 73.3 Å². The van der Waals surface area contributed by atoms with E-state index in [-0.39, 0.29) is 0 Å². The minimum absolute atomic E-state index is 0.297. The molecule has 0 N–H and O–H groups in total. The molecule has 3 heterocycles. The van der Waals surface area contributed by atoms with Gasteiger partial charge in [-0.2, -0.15) is 4.57 Å². The van der Waals surface area contributed by atoms with E-state index >= 15 is 0 Å². The number of anilines is 1. The van der Waals surface area contributed by atoms with E-state index in [2.05, 4.69) is 119 Å². The molecular weight excluding hydrogens is 322 g/mol. The van der Waals surface area contributed by atoms with Gasteiger partial charge in [-0.15, -0.1) is 0 Å². The van der Waals surface area contributed by atoms with Crippen LogP contribution in [0.15, 0.2) is 73.3 Å². The lowest BCUT2D eigenvalue weighted by atomic mass is 10.2. The average molecular weight is 347 g/mol. The number of aryl methyl sites for hydroxylation is 1. The van der Waals surface area contributed by atoms with Gasteiger partial charge >= 0.3 is 5.82 Å². The third kappa shape index (κ3) is 2.56. The third-order valence-electron chi connectivity index (χ3n) is 5.19. The van der Waals surface area contributed by atoms with Gasteiger partial charge in [-0.05, 0) is 31.2 Å². The Morgan fingerprint density at radius 1 is 0.923 bits per heavy atom. The highest BCUT2D eigenvalue weighted by molar-refractivity contribution is 5.51. The fraction of sp³-hybridized carbons (Fsp3) is 0.238. The summed E-state index contributed by atoms with van der Waals surface area (Å²) in [5, 5.41) is 0. The van der Waals surface area contributed by atoms with Crippen LogP contribution in [0.25, 0.3) is 17.2 Å². The van der Waals surface area contributed by atoms with Gasteiger partial charge in [0.05, 0.1) is 14.1 Å². The van der Waals surface area contributed by atoms with Crippen LogP contribution in [0.3, 0.4) is 0 Å². The summed E-state index contributed by atoms with van der Waals surface area (Å²) in [6.07, 6.45) is 8.76. The monoisotopic (exact) mass is 347 g/mol. The van der Waals surface area contributed by atoms with Gasteiger partial charge in [0.1, 0.15) is 24.3 Å². The summed E-state index contributed by atoms with van der Waals surface area (Å²) < 4.78 is 6.66. The smallest absolute Gasteiger partial charge is 0.334 e. The quantitative estimate of drug-likeness (QED) is 0.678. The van der Waals surface area contributed by atoms with E-state index in [0.29, 0.717) is 6.17 Å². The largest absolute Gasteiger partial charge is 0.339 e. The number of pyridine rings is 1. The molecule has 0 spiro atoms. The molecule has 1 aliphatic heterocycles. The maximum atomic E-state index is 2.29. The summed E-state index contributed by atoms with van der Waals surface area (Å²) in [5.74, 6) is 2.31. The fourth-order valence-electron chi connectivity index (χ4n) is 3.53. The minimum Gasteiger partial charge on any atom is -0.339 e. The van der Waals surface area contributed by atoms with Crippen LogP contribution in [-0.2, 0) is 14.1 Å². The highest BCUT2D eigenvalue weighted by atomic mass is 15.4. The molecule has 1 atom stereocenters. The highest BCUT2D eigenvalue weighted by Gasteiger charge is 2.32. The normalized spacial score (nSPS) is 16.5. The van der Waals surface area contributed by atoms with E-state index in [1.807, 2.05) is 6.07 Å². The van der Waals surface area contributed by atoms with E-state index in [9.17, 15) is 0 Å². The summed E-state index contributed by atoms with van der Waals surface area (Å²) in [6.45, 7) is 2.21. The Hall–Kier alpha value is -3.08. The lowest BCUT2D eigenvalue weighted by Crippen LogP contribution is -2.45. The van der Waals surface area contributed by atoms with Gasteiger partial charge in [-0.1, -0.05) is 18.2 Å². The van der Waals surface area contributed by atoms with Gasteiger partial charge < -0.3 is 4.90 Å². The molecule has 1 aromatic carbocycles. The summed E-state index contributed by atoms with van der Waals surface area (Å²) in [5.41, 5.74) is 2.32. The van der Waals surface area contributed by atoms with Crippen LogP contribution in [-0.4, -0.2) is 22.7 Å². The van der Waals surface area contributed by atoms with Crippen molar-refractivity contribution in [2.24, 2.45) is 14.1 Å². The highest BCUT2D eigenvalue weighted by Crippen LogP contribution is 2.23. The SMILES string of the molecule is C[C@H]1N(C)C=CN1c1cccc(-c2n(-c3ccccc3)cc[n+]2C)[n+]1C. The molecule has 5 nitrogen and oxygen atoms in total. The lowest BCUT2D eigenvalue weighted by molar-refractivity contribution is -0.684. The number of rotatable bonds is 3. The molecule has 0 saturated heterocycles. The van der Waals surface area contributed by atoms with Crippen LogP contribution in [0.2, 0.25) is 0 Å². The van der Waals surface area contributed by atoms with E-state index in [1.165, 1.54) is 0 Å². The Labute approximate surface area is 154 Å². The van der Waals surface area contributed by atoms with Crippen LogP contribution in [0, 0.1) is 0 Å². The predicted octanol–water partition coefficient (Wildman–Crippen LogP) is 2.36. The Morgan fingerprint density at radius 2 is 1.69 bits per heavy atom. The lowest BCUT2D eigenvalue weighted by Gasteiger charge is -2.21. The number of hydrogen-bond donors (Lipinski definition) is 0. The number of hydrogen-bond acceptors (Lipinski definition) is 2. The number of para-hydroxylation sites is 1. The second kappa shape index (κ2) is 6.33. The Kier molecular flexibility index (Phi) is 3.99. The van der Waals surface area contributed by atoms with Crippen molar-refractivity contribution >= 4 is 5.82 Å². The minimum atomic E-state index is 0.297. The summed E-state index contributed by atoms with van der Waals surface area (Å²) in [7, 11) is 6.32. The van der Waals surface area contributed by atoms with Crippen LogP contribution < -0.4 is 14.0 Å². The van der Waals surface area contributed by atoms with Crippen LogP contribution >= 0.6 is 0 Å². The maximum Gasteiger partial charge on any atom is 0.334 e. The van der Waals surface area contributed by atoms with Gasteiger partial charge in [0.25, 0.3) is 5.82 Å². The van der Waals surface area contributed by atoms with Gasteiger partial charge in [0, 0.05) is 19.3 Å². The maximum absolute atomic E-state index is 2.29. The molecule has 1 aliphatic rings. The van der Waals surface area contributed by atoms with E-state index < -0.39 is 0 Å². The zero-order valence-electron chi connectivity index (χ0n) is 15.7. The first-order valence-corrected chi connectivity index (χ1v) is 8.88. The van der Waals surface area contributed by atoms with Gasteiger partial charge in [0.15, 0.2) is 6.17 Å². The van der Waals surface area contributed by atoms with E-state index in [0.717, 1.165) is 23.0 Å². The van der Waals surface area contributed by atoms with Gasteiger partial charge in [0.2, 0.25) is 5.69 Å². The van der Waals surface area contributed by atoms with Crippen LogP contribution in [0.5, 0.6) is 0 Å². The van der Waals surface area contributed by atoms with Crippen LogP contribution in [0.4, 0.5) is 5.82 Å². The first kappa shape index (κ1) is 16.4. The van der Waals surface area contributed by atoms with E-state index in [4.69, 9.17) is 0 Å². The molecule has 0 unspecified atom stereocenters. The molecule has 4 rings (SSSR count).